The van der Waals surface area contributed by atoms with E-state index < -0.39 is 17.4 Å². The number of hydrogen-bond donors (Lipinski definition) is 0. The van der Waals surface area contributed by atoms with E-state index in [1.807, 2.05) is 0 Å². The predicted octanol–water partition coefficient (Wildman–Crippen LogP) is 2.57. The first-order valence-electron chi connectivity index (χ1n) is 9.21. The largest absolute Gasteiger partial charge is 0.468 e. The third-order valence-corrected chi connectivity index (χ3v) is 5.84. The molecule has 0 aromatic rings. The van der Waals surface area contributed by atoms with E-state index >= 15 is 0 Å². The standard InChI is InChI=1S/C20H26O6/c1-4-12-10-16(12)17(21)25-14-6-8-15(9-7-14)26-19(23)20(18(22)24-3)11-13(20)5-2/h4-5,12-16H,1-2,6-11H2,3H3. The Bertz CT molecular complexity index is 618. The highest BCUT2D eigenvalue weighted by Crippen LogP contribution is 2.55. The Hall–Kier alpha value is -2.11. The van der Waals surface area contributed by atoms with Gasteiger partial charge in [0.1, 0.15) is 12.2 Å². The van der Waals surface area contributed by atoms with Gasteiger partial charge in [0.05, 0.1) is 13.0 Å². The molecule has 142 valence electrons. The fourth-order valence-electron chi connectivity index (χ4n) is 3.83. The van der Waals surface area contributed by atoms with Crippen molar-refractivity contribution in [2.75, 3.05) is 7.11 Å². The lowest BCUT2D eigenvalue weighted by molar-refractivity contribution is -0.170. The first kappa shape index (κ1) is 18.7. The molecule has 4 atom stereocenters. The molecule has 0 saturated heterocycles. The third-order valence-electron chi connectivity index (χ3n) is 5.84. The van der Waals surface area contributed by atoms with Crippen molar-refractivity contribution in [1.29, 1.82) is 0 Å². The zero-order valence-corrected chi connectivity index (χ0v) is 15.1. The van der Waals surface area contributed by atoms with Crippen LogP contribution in [0.2, 0.25) is 0 Å². The number of allylic oxidation sites excluding steroid dienone is 2. The summed E-state index contributed by atoms with van der Waals surface area (Å²) >= 11 is 0. The fourth-order valence-corrected chi connectivity index (χ4v) is 3.83. The van der Waals surface area contributed by atoms with Crippen LogP contribution in [0.4, 0.5) is 0 Å². The second-order valence-electron chi connectivity index (χ2n) is 7.49. The van der Waals surface area contributed by atoms with Gasteiger partial charge in [0.2, 0.25) is 0 Å². The summed E-state index contributed by atoms with van der Waals surface area (Å²) in [5.41, 5.74) is -1.22. The number of rotatable bonds is 7. The molecule has 3 aliphatic carbocycles. The molecule has 3 aliphatic rings. The zero-order valence-electron chi connectivity index (χ0n) is 15.1. The smallest absolute Gasteiger partial charge is 0.324 e. The van der Waals surface area contributed by atoms with Crippen molar-refractivity contribution < 1.29 is 28.6 Å². The monoisotopic (exact) mass is 362 g/mol. The molecule has 0 N–H and O–H groups in total. The van der Waals surface area contributed by atoms with E-state index in [-0.39, 0.29) is 35.9 Å². The summed E-state index contributed by atoms with van der Waals surface area (Å²) in [6.07, 6.45) is 6.79. The quantitative estimate of drug-likeness (QED) is 0.300. The molecule has 3 rings (SSSR count). The van der Waals surface area contributed by atoms with Crippen LogP contribution in [0.1, 0.15) is 38.5 Å². The number of esters is 3. The van der Waals surface area contributed by atoms with E-state index in [1.165, 1.54) is 7.11 Å². The zero-order chi connectivity index (χ0) is 18.9. The van der Waals surface area contributed by atoms with E-state index in [1.54, 1.807) is 12.2 Å². The summed E-state index contributed by atoms with van der Waals surface area (Å²) < 4.78 is 15.9. The molecule has 0 heterocycles. The first-order chi connectivity index (χ1) is 12.5. The van der Waals surface area contributed by atoms with Gasteiger partial charge in [0.25, 0.3) is 0 Å². The van der Waals surface area contributed by atoms with Gasteiger partial charge in [-0.1, -0.05) is 12.2 Å². The van der Waals surface area contributed by atoms with Gasteiger partial charge in [-0.05, 0) is 44.4 Å². The molecular formula is C20H26O6. The van der Waals surface area contributed by atoms with Crippen LogP contribution in [0, 0.1) is 23.2 Å². The van der Waals surface area contributed by atoms with Gasteiger partial charge in [-0.3, -0.25) is 14.4 Å². The van der Waals surface area contributed by atoms with Crippen molar-refractivity contribution in [3.63, 3.8) is 0 Å². The SMILES string of the molecule is C=CC1CC1C(=O)OC1CCC(OC(=O)C2(C(=O)OC)CC2C=C)CC1. The van der Waals surface area contributed by atoms with Crippen LogP contribution >= 0.6 is 0 Å². The molecule has 0 aromatic heterocycles. The van der Waals surface area contributed by atoms with Gasteiger partial charge in [0.15, 0.2) is 5.41 Å². The molecular weight excluding hydrogens is 336 g/mol. The molecule has 26 heavy (non-hydrogen) atoms. The number of carbonyl (C=O) groups excluding carboxylic acids is 3. The lowest BCUT2D eigenvalue weighted by atomic mass is 9.94. The highest BCUT2D eigenvalue weighted by Gasteiger charge is 2.67. The minimum Gasteiger partial charge on any atom is -0.468 e. The molecule has 3 fully saturated rings. The summed E-state index contributed by atoms with van der Waals surface area (Å²) in [7, 11) is 1.27. The van der Waals surface area contributed by atoms with E-state index in [4.69, 9.17) is 14.2 Å². The predicted molar refractivity (Wildman–Crippen MR) is 92.8 cm³/mol. The Balaban J connectivity index is 1.46. The minimum atomic E-state index is -1.22. The van der Waals surface area contributed by atoms with Crippen molar-refractivity contribution in [2.45, 2.75) is 50.7 Å². The maximum atomic E-state index is 12.5. The number of carbonyl (C=O) groups is 3. The second-order valence-corrected chi connectivity index (χ2v) is 7.49. The van der Waals surface area contributed by atoms with Crippen molar-refractivity contribution >= 4 is 17.9 Å². The molecule has 4 unspecified atom stereocenters. The summed E-state index contributed by atoms with van der Waals surface area (Å²) in [6, 6.07) is 0. The van der Waals surface area contributed by atoms with E-state index in [0.29, 0.717) is 32.1 Å². The van der Waals surface area contributed by atoms with Gasteiger partial charge >= 0.3 is 17.9 Å². The Morgan fingerprint density at radius 3 is 2.04 bits per heavy atom. The average Bonchev–Trinajstić information content (AvgIpc) is 3.55. The van der Waals surface area contributed by atoms with Crippen molar-refractivity contribution in [3.8, 4) is 0 Å². The summed E-state index contributed by atoms with van der Waals surface area (Å²) in [6.45, 7) is 7.36. The normalized spacial score (nSPS) is 37.8. The van der Waals surface area contributed by atoms with Crippen LogP contribution in [0.3, 0.4) is 0 Å². The van der Waals surface area contributed by atoms with Crippen LogP contribution in [0.5, 0.6) is 0 Å². The Kier molecular flexibility index (Phi) is 5.21. The molecule has 6 heteroatoms. The van der Waals surface area contributed by atoms with Crippen LogP contribution in [-0.4, -0.2) is 37.2 Å². The number of ether oxygens (including phenoxy) is 3. The first-order valence-corrected chi connectivity index (χ1v) is 9.21. The number of hydrogen-bond acceptors (Lipinski definition) is 6. The van der Waals surface area contributed by atoms with Gasteiger partial charge in [0, 0.05) is 5.92 Å². The summed E-state index contributed by atoms with van der Waals surface area (Å²) in [5, 5.41) is 0. The molecule has 0 bridgehead atoms. The van der Waals surface area contributed by atoms with Crippen molar-refractivity contribution in [3.05, 3.63) is 25.3 Å². The lowest BCUT2D eigenvalue weighted by Crippen LogP contribution is -2.36. The molecule has 0 aliphatic heterocycles. The van der Waals surface area contributed by atoms with E-state index in [9.17, 15) is 14.4 Å². The van der Waals surface area contributed by atoms with Crippen molar-refractivity contribution in [1.82, 2.24) is 0 Å². The molecule has 0 aromatic carbocycles. The second kappa shape index (κ2) is 7.25. The average molecular weight is 362 g/mol. The fraction of sp³-hybridized carbons (Fsp3) is 0.650. The van der Waals surface area contributed by atoms with Crippen LogP contribution < -0.4 is 0 Å². The maximum Gasteiger partial charge on any atom is 0.324 e. The van der Waals surface area contributed by atoms with Gasteiger partial charge in [-0.25, -0.2) is 0 Å². The summed E-state index contributed by atoms with van der Waals surface area (Å²) in [4.78, 5) is 36.5. The Morgan fingerprint density at radius 1 is 0.962 bits per heavy atom. The number of methoxy groups -OCH3 is 1. The molecule has 3 saturated carbocycles. The van der Waals surface area contributed by atoms with E-state index in [2.05, 4.69) is 13.2 Å². The summed E-state index contributed by atoms with van der Waals surface area (Å²) in [5.74, 6) is -1.24. The van der Waals surface area contributed by atoms with Crippen LogP contribution in [0.25, 0.3) is 0 Å². The maximum absolute atomic E-state index is 12.5. The van der Waals surface area contributed by atoms with Crippen LogP contribution in [-0.2, 0) is 28.6 Å². The van der Waals surface area contributed by atoms with Gasteiger partial charge in [-0.15, -0.1) is 13.2 Å². The van der Waals surface area contributed by atoms with Crippen molar-refractivity contribution in [2.24, 2.45) is 23.2 Å². The van der Waals surface area contributed by atoms with Gasteiger partial charge < -0.3 is 14.2 Å². The highest BCUT2D eigenvalue weighted by molar-refractivity contribution is 6.04. The molecule has 0 spiro atoms. The Morgan fingerprint density at radius 2 is 1.58 bits per heavy atom. The molecule has 6 nitrogen and oxygen atoms in total. The van der Waals surface area contributed by atoms with Crippen LogP contribution in [0.15, 0.2) is 25.3 Å². The molecule has 0 radical (unpaired) electrons. The minimum absolute atomic E-state index is 0.0336. The third kappa shape index (κ3) is 3.41. The lowest BCUT2D eigenvalue weighted by Gasteiger charge is -2.29. The van der Waals surface area contributed by atoms with Gasteiger partial charge in [-0.2, -0.15) is 0 Å². The topological polar surface area (TPSA) is 78.9 Å². The Labute approximate surface area is 153 Å². The van der Waals surface area contributed by atoms with E-state index in [0.717, 1.165) is 6.42 Å². The molecule has 0 amide bonds. The highest BCUT2D eigenvalue weighted by atomic mass is 16.6.